The molecule has 1 aromatic carbocycles. The minimum atomic E-state index is -4.33. The van der Waals surface area contributed by atoms with Gasteiger partial charge in [0.05, 0.1) is 17.3 Å². The smallest absolute Gasteiger partial charge is 0.416 e. The second-order valence-electron chi connectivity index (χ2n) is 6.79. The summed E-state index contributed by atoms with van der Waals surface area (Å²) in [7, 11) is 0. The molecule has 2 fully saturated rings. The van der Waals surface area contributed by atoms with Crippen LogP contribution in [0.3, 0.4) is 0 Å². The summed E-state index contributed by atoms with van der Waals surface area (Å²) >= 11 is 1.01. The molecule has 0 N–H and O–H groups in total. The molecule has 0 spiro atoms. The van der Waals surface area contributed by atoms with Crippen molar-refractivity contribution in [2.45, 2.75) is 50.5 Å². The maximum absolute atomic E-state index is 12.6. The second-order valence-corrected chi connectivity index (χ2v) is 7.32. The minimum Gasteiger partial charge on any atom is -0.468 e. The van der Waals surface area contributed by atoms with Crippen LogP contribution in [0.25, 0.3) is 0 Å². The maximum Gasteiger partial charge on any atom is 0.416 e. The van der Waals surface area contributed by atoms with Crippen LogP contribution in [-0.4, -0.2) is 14.3 Å². The summed E-state index contributed by atoms with van der Waals surface area (Å²) in [5.41, 5.74) is -0.175. The molecule has 0 saturated heterocycles. The van der Waals surface area contributed by atoms with Crippen LogP contribution < -0.4 is 9.47 Å². The van der Waals surface area contributed by atoms with Gasteiger partial charge in [-0.3, -0.25) is 0 Å². The van der Waals surface area contributed by atoms with Crippen molar-refractivity contribution in [2.75, 3.05) is 0 Å². The number of nitrogens with zero attached hydrogens (tertiary/aromatic N) is 2. The number of benzene rings is 1. The van der Waals surface area contributed by atoms with E-state index in [0.29, 0.717) is 17.3 Å². The largest absolute Gasteiger partial charge is 0.468 e. The lowest BCUT2D eigenvalue weighted by Crippen LogP contribution is -2.30. The number of halogens is 4. The van der Waals surface area contributed by atoms with Crippen LogP contribution in [0.5, 0.6) is 11.8 Å². The highest BCUT2D eigenvalue weighted by atomic mass is 35.5. The van der Waals surface area contributed by atoms with E-state index in [4.69, 9.17) is 9.47 Å². The van der Waals surface area contributed by atoms with E-state index < -0.39 is 11.7 Å². The fourth-order valence-electron chi connectivity index (χ4n) is 3.75. The molecule has 4 nitrogen and oxygen atoms in total. The lowest BCUT2D eigenvalue weighted by atomic mass is 9.97. The summed E-state index contributed by atoms with van der Waals surface area (Å²) in [4.78, 5) is 0. The SMILES string of the molecule is Cl.FC(F)(F)c1ccc(COc2nsnc2OC23CCC(CC2)C3)cc1. The van der Waals surface area contributed by atoms with Crippen LogP contribution in [0.4, 0.5) is 13.2 Å². The maximum atomic E-state index is 12.6. The predicted molar refractivity (Wildman–Crippen MR) is 92.9 cm³/mol. The van der Waals surface area contributed by atoms with E-state index in [-0.39, 0.29) is 24.6 Å². The summed E-state index contributed by atoms with van der Waals surface area (Å²) in [6.45, 7) is 0.121. The van der Waals surface area contributed by atoms with Gasteiger partial charge in [-0.1, -0.05) is 12.1 Å². The van der Waals surface area contributed by atoms with Crippen molar-refractivity contribution in [3.63, 3.8) is 0 Å². The molecule has 0 radical (unpaired) electrons. The van der Waals surface area contributed by atoms with Gasteiger partial charge in [0.15, 0.2) is 0 Å². The summed E-state index contributed by atoms with van der Waals surface area (Å²) in [5.74, 6) is 1.47. The van der Waals surface area contributed by atoms with Crippen LogP contribution in [0.2, 0.25) is 0 Å². The van der Waals surface area contributed by atoms with Gasteiger partial charge in [-0.15, -0.1) is 21.2 Å². The van der Waals surface area contributed by atoms with Crippen LogP contribution in [-0.2, 0) is 12.8 Å². The molecule has 2 aromatic rings. The van der Waals surface area contributed by atoms with Gasteiger partial charge in [0.1, 0.15) is 12.2 Å². The Morgan fingerprint density at radius 3 is 2.31 bits per heavy atom. The third-order valence-corrected chi connectivity index (χ3v) is 5.57. The van der Waals surface area contributed by atoms with Gasteiger partial charge in [0, 0.05) is 0 Å². The molecule has 9 heteroatoms. The minimum absolute atomic E-state index is 0. The van der Waals surface area contributed by atoms with E-state index in [2.05, 4.69) is 8.75 Å². The molecule has 4 rings (SSSR count). The van der Waals surface area contributed by atoms with Crippen molar-refractivity contribution in [1.82, 2.24) is 8.75 Å². The van der Waals surface area contributed by atoms with Crippen LogP contribution in [0.1, 0.15) is 43.2 Å². The van der Waals surface area contributed by atoms with Crippen molar-refractivity contribution in [3.05, 3.63) is 35.4 Å². The quantitative estimate of drug-likeness (QED) is 0.678. The zero-order valence-electron chi connectivity index (χ0n) is 13.8. The Morgan fingerprint density at radius 2 is 1.73 bits per heavy atom. The number of rotatable bonds is 5. The monoisotopic (exact) mass is 406 g/mol. The molecular formula is C17H18ClF3N2O2S. The highest BCUT2D eigenvalue weighted by molar-refractivity contribution is 6.99. The zero-order chi connectivity index (χ0) is 17.5. The van der Waals surface area contributed by atoms with E-state index in [1.54, 1.807) is 0 Å². The number of hydrogen-bond acceptors (Lipinski definition) is 5. The number of aromatic nitrogens is 2. The molecule has 2 bridgehead atoms. The van der Waals surface area contributed by atoms with E-state index in [1.807, 2.05) is 0 Å². The average molecular weight is 407 g/mol. The van der Waals surface area contributed by atoms with Crippen molar-refractivity contribution < 1.29 is 22.6 Å². The van der Waals surface area contributed by atoms with Gasteiger partial charge in [-0.2, -0.15) is 13.2 Å². The Bertz CT molecular complexity index is 743. The normalized spacial score (nSPS) is 24.3. The third kappa shape index (κ3) is 3.91. The van der Waals surface area contributed by atoms with Crippen molar-refractivity contribution in [3.8, 4) is 11.8 Å². The third-order valence-electron chi connectivity index (χ3n) is 5.08. The first-order valence-electron chi connectivity index (χ1n) is 8.24. The highest BCUT2D eigenvalue weighted by Gasteiger charge is 2.47. The number of alkyl halides is 3. The Balaban J connectivity index is 0.00000196. The summed E-state index contributed by atoms with van der Waals surface area (Å²) in [6.07, 6.45) is 1.18. The first kappa shape index (κ1) is 19.2. The van der Waals surface area contributed by atoms with Gasteiger partial charge in [-0.25, -0.2) is 0 Å². The number of fused-ring (bicyclic) bond motifs is 2. The Morgan fingerprint density at radius 1 is 1.08 bits per heavy atom. The van der Waals surface area contributed by atoms with Crippen LogP contribution >= 0.6 is 24.1 Å². The second kappa shape index (κ2) is 7.23. The molecule has 26 heavy (non-hydrogen) atoms. The van der Waals surface area contributed by atoms with Crippen LogP contribution in [0, 0.1) is 5.92 Å². The summed E-state index contributed by atoms with van der Waals surface area (Å²) in [5, 5.41) is 0. The number of hydrogen-bond donors (Lipinski definition) is 0. The van der Waals surface area contributed by atoms with Gasteiger partial charge in [-0.05, 0) is 55.7 Å². The Kier molecular flexibility index (Phi) is 5.35. The van der Waals surface area contributed by atoms with Gasteiger partial charge < -0.3 is 9.47 Å². The van der Waals surface area contributed by atoms with E-state index in [1.165, 1.54) is 25.0 Å². The lowest BCUT2D eigenvalue weighted by Gasteiger charge is -2.26. The van der Waals surface area contributed by atoms with Crippen molar-refractivity contribution in [2.24, 2.45) is 5.92 Å². The molecule has 1 heterocycles. The fourth-order valence-corrected chi connectivity index (χ4v) is 4.19. The van der Waals surface area contributed by atoms with E-state index in [9.17, 15) is 13.2 Å². The van der Waals surface area contributed by atoms with Crippen molar-refractivity contribution >= 4 is 24.1 Å². The van der Waals surface area contributed by atoms with Gasteiger partial charge >= 0.3 is 6.18 Å². The summed E-state index contributed by atoms with van der Waals surface area (Å²) < 4.78 is 57.8. The Hall–Kier alpha value is -1.54. The fraction of sp³-hybridized carbons (Fsp3) is 0.529. The standard InChI is InChI=1S/C17H17F3N2O2S.ClH/c18-17(19,20)13-3-1-12(2-4-13)10-23-14-15(22-25-21-14)24-16-7-5-11(9-16)6-8-16;/h1-4,11H,5-10H2;1H. The molecule has 142 valence electrons. The zero-order valence-corrected chi connectivity index (χ0v) is 15.4. The van der Waals surface area contributed by atoms with E-state index >= 15 is 0 Å². The summed E-state index contributed by atoms with van der Waals surface area (Å²) in [6, 6.07) is 4.90. The van der Waals surface area contributed by atoms with Gasteiger partial charge in [0.2, 0.25) is 0 Å². The van der Waals surface area contributed by atoms with Gasteiger partial charge in [0.25, 0.3) is 11.8 Å². The van der Waals surface area contributed by atoms with Crippen LogP contribution in [0.15, 0.2) is 24.3 Å². The average Bonchev–Trinajstić information content (AvgIpc) is 3.29. The topological polar surface area (TPSA) is 44.2 Å². The molecule has 2 aliphatic carbocycles. The molecule has 0 atom stereocenters. The molecule has 0 aliphatic heterocycles. The van der Waals surface area contributed by atoms with E-state index in [0.717, 1.165) is 49.0 Å². The highest BCUT2D eigenvalue weighted by Crippen LogP contribution is 2.50. The number of ether oxygens (including phenoxy) is 2. The first-order valence-corrected chi connectivity index (χ1v) is 8.97. The first-order chi connectivity index (χ1) is 11.9. The lowest BCUT2D eigenvalue weighted by molar-refractivity contribution is -0.137. The Labute approximate surface area is 159 Å². The molecule has 0 unspecified atom stereocenters. The predicted octanol–water partition coefficient (Wildman–Crippen LogP) is 5.27. The van der Waals surface area contributed by atoms with Crippen molar-refractivity contribution in [1.29, 1.82) is 0 Å². The molecular weight excluding hydrogens is 389 g/mol. The molecule has 2 saturated carbocycles. The molecule has 2 aliphatic rings. The molecule has 1 aromatic heterocycles. The molecule has 0 amide bonds.